The second-order valence-corrected chi connectivity index (χ2v) is 4.81. The maximum absolute atomic E-state index is 2.40. The molecule has 3 saturated carbocycles. The van der Waals surface area contributed by atoms with Crippen LogP contribution in [0.4, 0.5) is 0 Å². The van der Waals surface area contributed by atoms with E-state index in [-0.39, 0.29) is 0 Å². The van der Waals surface area contributed by atoms with Crippen LogP contribution in [-0.2, 0) is 0 Å². The molecule has 0 aromatic carbocycles. The van der Waals surface area contributed by atoms with Crippen molar-refractivity contribution in [2.24, 2.45) is 28.6 Å². The predicted molar refractivity (Wildman–Crippen MR) is 46.2 cm³/mol. The molecule has 4 atom stereocenters. The lowest BCUT2D eigenvalue weighted by molar-refractivity contribution is 0.333. The van der Waals surface area contributed by atoms with Crippen LogP contribution in [0.5, 0.6) is 0 Å². The third kappa shape index (κ3) is 0.346. The lowest BCUT2D eigenvalue weighted by Gasteiger charge is -2.16. The zero-order valence-electron chi connectivity index (χ0n) is 7.85. The van der Waals surface area contributed by atoms with E-state index in [1.165, 1.54) is 37.0 Å². The highest BCUT2D eigenvalue weighted by Crippen LogP contribution is 3.10. The van der Waals surface area contributed by atoms with Crippen molar-refractivity contribution in [1.29, 1.82) is 0 Å². The van der Waals surface area contributed by atoms with Crippen LogP contribution in [0.3, 0.4) is 0 Å². The normalized spacial score (nSPS) is 59.7. The van der Waals surface area contributed by atoms with E-state index in [1.54, 1.807) is 0 Å². The molecule has 3 rings (SSSR count). The van der Waals surface area contributed by atoms with Crippen LogP contribution in [0, 0.1) is 28.6 Å². The summed E-state index contributed by atoms with van der Waals surface area (Å²) < 4.78 is 0. The Morgan fingerprint density at radius 1 is 1.09 bits per heavy atom. The molecule has 0 nitrogen and oxygen atoms in total. The van der Waals surface area contributed by atoms with Crippen molar-refractivity contribution in [3.63, 3.8) is 0 Å². The van der Waals surface area contributed by atoms with Gasteiger partial charge >= 0.3 is 0 Å². The largest absolute Gasteiger partial charge is 0.0651 e. The first-order chi connectivity index (χ1) is 5.31. The van der Waals surface area contributed by atoms with Crippen molar-refractivity contribution in [3.05, 3.63) is 0 Å². The summed E-state index contributed by atoms with van der Waals surface area (Å²) >= 11 is 0. The number of hydrogen-bond donors (Lipinski definition) is 0. The minimum Gasteiger partial charge on any atom is -0.0651 e. The lowest BCUT2D eigenvalue weighted by atomic mass is 9.89. The van der Waals surface area contributed by atoms with Gasteiger partial charge in [-0.05, 0) is 41.4 Å². The summed E-state index contributed by atoms with van der Waals surface area (Å²) in [6.07, 6.45) is 4.38. The summed E-state index contributed by atoms with van der Waals surface area (Å²) in [5, 5.41) is 0. The standard InChI is InChI=1S/C11H18/c1-4-7-8-9-10(5-2,6-3)11(7,8)9/h7-9H,4-6H2,1-3H3. The third-order valence-corrected chi connectivity index (χ3v) is 5.33. The van der Waals surface area contributed by atoms with Crippen molar-refractivity contribution < 1.29 is 0 Å². The molecule has 0 heterocycles. The molecule has 0 heteroatoms. The molecule has 0 saturated heterocycles. The maximum Gasteiger partial charge on any atom is -0.0136 e. The van der Waals surface area contributed by atoms with Crippen LogP contribution in [0.1, 0.15) is 40.0 Å². The number of hydrogen-bond acceptors (Lipinski definition) is 0. The topological polar surface area (TPSA) is 0 Å². The fourth-order valence-corrected chi connectivity index (χ4v) is 4.82. The van der Waals surface area contributed by atoms with Crippen LogP contribution < -0.4 is 0 Å². The van der Waals surface area contributed by atoms with E-state index in [1.807, 2.05) is 0 Å². The lowest BCUT2D eigenvalue weighted by Crippen LogP contribution is -2.08. The van der Waals surface area contributed by atoms with Gasteiger partial charge in [0, 0.05) is 0 Å². The van der Waals surface area contributed by atoms with Crippen LogP contribution in [0.25, 0.3) is 0 Å². The Morgan fingerprint density at radius 2 is 1.73 bits per heavy atom. The van der Waals surface area contributed by atoms with Gasteiger partial charge in [-0.15, -0.1) is 0 Å². The second kappa shape index (κ2) is 1.41. The van der Waals surface area contributed by atoms with Crippen LogP contribution in [0.15, 0.2) is 0 Å². The first-order valence-electron chi connectivity index (χ1n) is 5.31. The van der Waals surface area contributed by atoms with Crippen LogP contribution in [-0.4, -0.2) is 0 Å². The second-order valence-electron chi connectivity index (χ2n) is 4.81. The molecule has 3 aliphatic carbocycles. The molecule has 4 unspecified atom stereocenters. The van der Waals surface area contributed by atoms with Crippen LogP contribution >= 0.6 is 0 Å². The molecule has 0 aromatic heterocycles. The summed E-state index contributed by atoms with van der Waals surface area (Å²) in [7, 11) is 0. The number of rotatable bonds is 3. The fraction of sp³-hybridized carbons (Fsp3) is 1.00. The molecule has 0 bridgehead atoms. The Labute approximate surface area is 69.4 Å². The molecule has 0 amide bonds. The van der Waals surface area contributed by atoms with Gasteiger partial charge in [0.1, 0.15) is 0 Å². The monoisotopic (exact) mass is 150 g/mol. The summed E-state index contributed by atoms with van der Waals surface area (Å²) in [6, 6.07) is 0. The minimum absolute atomic E-state index is 0.873. The first kappa shape index (κ1) is 6.51. The van der Waals surface area contributed by atoms with Gasteiger partial charge in [0.25, 0.3) is 0 Å². The first-order valence-corrected chi connectivity index (χ1v) is 5.31. The van der Waals surface area contributed by atoms with Crippen molar-refractivity contribution in [2.45, 2.75) is 40.0 Å². The molecule has 1 spiro atoms. The quantitative estimate of drug-likeness (QED) is 0.580. The van der Waals surface area contributed by atoms with Gasteiger partial charge in [0.2, 0.25) is 0 Å². The maximum atomic E-state index is 2.40. The molecule has 0 aromatic rings. The highest BCUT2D eigenvalue weighted by molar-refractivity contribution is 5.53. The smallest absolute Gasteiger partial charge is 0.0136 e. The Kier molecular flexibility index (Phi) is 0.832. The average Bonchev–Trinajstić information content (AvgIpc) is 2.87. The molecule has 0 N–H and O–H groups in total. The predicted octanol–water partition coefficient (Wildman–Crippen LogP) is 3.08. The Hall–Kier alpha value is 0. The fourth-order valence-electron chi connectivity index (χ4n) is 4.82. The van der Waals surface area contributed by atoms with Crippen molar-refractivity contribution in [3.8, 4) is 0 Å². The van der Waals surface area contributed by atoms with Crippen molar-refractivity contribution in [1.82, 2.24) is 0 Å². The van der Waals surface area contributed by atoms with Crippen molar-refractivity contribution in [2.75, 3.05) is 0 Å². The van der Waals surface area contributed by atoms with E-state index >= 15 is 0 Å². The van der Waals surface area contributed by atoms with E-state index < -0.39 is 0 Å². The zero-order chi connectivity index (χ0) is 7.85. The molecule has 0 radical (unpaired) electrons. The van der Waals surface area contributed by atoms with Crippen LogP contribution in [0.2, 0.25) is 0 Å². The molecule has 11 heavy (non-hydrogen) atoms. The minimum atomic E-state index is 0.873. The van der Waals surface area contributed by atoms with Gasteiger partial charge < -0.3 is 0 Å². The Balaban J connectivity index is 1.80. The third-order valence-electron chi connectivity index (χ3n) is 5.33. The molecule has 62 valence electrons. The Bertz CT molecular complexity index is 214. The van der Waals surface area contributed by atoms with Gasteiger partial charge in [-0.2, -0.15) is 0 Å². The molecule has 3 fully saturated rings. The summed E-state index contributed by atoms with van der Waals surface area (Å²) in [6.45, 7) is 7.16. The van der Waals surface area contributed by atoms with E-state index in [2.05, 4.69) is 20.8 Å². The molecule has 0 aliphatic heterocycles. The van der Waals surface area contributed by atoms with E-state index in [0.717, 1.165) is 10.8 Å². The molecule has 3 aliphatic rings. The van der Waals surface area contributed by atoms with E-state index in [4.69, 9.17) is 0 Å². The van der Waals surface area contributed by atoms with Gasteiger partial charge in [0.05, 0.1) is 0 Å². The summed E-state index contributed by atoms with van der Waals surface area (Å²) in [5.41, 5.74) is 1.84. The summed E-state index contributed by atoms with van der Waals surface area (Å²) in [5.74, 6) is 3.62. The van der Waals surface area contributed by atoms with Gasteiger partial charge in [-0.3, -0.25) is 0 Å². The van der Waals surface area contributed by atoms with Gasteiger partial charge in [-0.1, -0.05) is 27.2 Å². The highest BCUT2D eigenvalue weighted by Gasteiger charge is 3.07. The van der Waals surface area contributed by atoms with E-state index in [9.17, 15) is 0 Å². The Morgan fingerprint density at radius 3 is 2.00 bits per heavy atom. The van der Waals surface area contributed by atoms with Gasteiger partial charge in [0.15, 0.2) is 0 Å². The summed E-state index contributed by atoms with van der Waals surface area (Å²) in [4.78, 5) is 0. The highest BCUT2D eigenvalue weighted by atomic mass is 15.1. The SMILES string of the molecule is CCC1C2C3C(CC)(CC)C123. The molecular weight excluding hydrogens is 132 g/mol. The van der Waals surface area contributed by atoms with E-state index in [0.29, 0.717) is 0 Å². The average molecular weight is 150 g/mol. The number of fused-ring (bicyclic) bond motifs is 1. The zero-order valence-corrected chi connectivity index (χ0v) is 7.85. The van der Waals surface area contributed by atoms with Gasteiger partial charge in [-0.25, -0.2) is 0 Å². The van der Waals surface area contributed by atoms with Crippen molar-refractivity contribution >= 4 is 0 Å². The molecular formula is C11H18.